The molecule has 0 saturated heterocycles. The largest absolute Gasteiger partial charge is 0.451 e. The quantitative estimate of drug-likeness (QED) is 0.473. The number of thioether (sulfide) groups is 1. The van der Waals surface area contributed by atoms with Crippen molar-refractivity contribution in [2.24, 2.45) is 0 Å². The van der Waals surface area contributed by atoms with Crippen LogP contribution in [-0.4, -0.2) is 48.0 Å². The topological polar surface area (TPSA) is 84.5 Å². The third kappa shape index (κ3) is 8.09. The third-order valence-electron chi connectivity index (χ3n) is 5.10. The van der Waals surface area contributed by atoms with E-state index in [1.165, 1.54) is 12.8 Å². The van der Waals surface area contributed by atoms with Crippen molar-refractivity contribution >= 4 is 29.5 Å². The zero-order chi connectivity index (χ0) is 21.1. The summed E-state index contributed by atoms with van der Waals surface area (Å²) in [7, 11) is 0. The first-order valence-corrected chi connectivity index (χ1v) is 11.8. The first kappa shape index (κ1) is 23.3. The Labute approximate surface area is 177 Å². The highest BCUT2D eigenvalue weighted by Gasteiger charge is 2.27. The van der Waals surface area contributed by atoms with E-state index >= 15 is 0 Å². The average molecular weight is 421 g/mol. The van der Waals surface area contributed by atoms with Gasteiger partial charge in [0.05, 0.1) is 0 Å². The van der Waals surface area contributed by atoms with Crippen molar-refractivity contribution in [1.82, 2.24) is 10.6 Å². The maximum absolute atomic E-state index is 12.7. The Morgan fingerprint density at radius 3 is 2.38 bits per heavy atom. The minimum absolute atomic E-state index is 0.149. The summed E-state index contributed by atoms with van der Waals surface area (Å²) in [5.41, 5.74) is 0.480. The summed E-state index contributed by atoms with van der Waals surface area (Å²) in [5.74, 6) is -0.489. The van der Waals surface area contributed by atoms with Crippen LogP contribution in [0, 0.1) is 0 Å². The molecular weight excluding hydrogens is 388 g/mol. The second-order valence-corrected chi connectivity index (χ2v) is 8.44. The van der Waals surface area contributed by atoms with Gasteiger partial charge in [0.2, 0.25) is 0 Å². The minimum Gasteiger partial charge on any atom is -0.451 e. The van der Waals surface area contributed by atoms with Crippen LogP contribution in [0.5, 0.6) is 0 Å². The van der Waals surface area contributed by atoms with Crippen LogP contribution in [0.3, 0.4) is 0 Å². The number of carbonyl (C=O) groups excluding carboxylic acids is 3. The molecule has 0 bridgehead atoms. The van der Waals surface area contributed by atoms with E-state index in [4.69, 9.17) is 4.74 Å². The molecule has 1 fully saturated rings. The first-order valence-electron chi connectivity index (χ1n) is 10.4. The molecule has 1 aliphatic rings. The van der Waals surface area contributed by atoms with Crippen molar-refractivity contribution in [2.45, 2.75) is 70.1 Å². The average Bonchev–Trinajstić information content (AvgIpc) is 3.00. The summed E-state index contributed by atoms with van der Waals surface area (Å²) >= 11 is 1.58. The van der Waals surface area contributed by atoms with Gasteiger partial charge in [-0.1, -0.05) is 43.9 Å². The van der Waals surface area contributed by atoms with E-state index in [1.54, 1.807) is 43.0 Å². The van der Waals surface area contributed by atoms with E-state index in [-0.39, 0.29) is 17.9 Å². The first-order chi connectivity index (χ1) is 14.0. The predicted octanol–water partition coefficient (Wildman–Crippen LogP) is 3.31. The predicted molar refractivity (Wildman–Crippen MR) is 116 cm³/mol. The molecule has 2 atom stereocenters. The Morgan fingerprint density at radius 2 is 1.76 bits per heavy atom. The van der Waals surface area contributed by atoms with Gasteiger partial charge in [-0.2, -0.15) is 11.8 Å². The van der Waals surface area contributed by atoms with Gasteiger partial charge in [0.25, 0.3) is 11.8 Å². The van der Waals surface area contributed by atoms with Crippen molar-refractivity contribution in [3.05, 3.63) is 35.9 Å². The van der Waals surface area contributed by atoms with Gasteiger partial charge < -0.3 is 15.4 Å². The highest BCUT2D eigenvalue weighted by Crippen LogP contribution is 2.17. The van der Waals surface area contributed by atoms with Crippen LogP contribution in [0.4, 0.5) is 0 Å². The van der Waals surface area contributed by atoms with Gasteiger partial charge in [-0.05, 0) is 50.3 Å². The molecule has 0 spiro atoms. The standard InChI is InChI=1S/C22H32N2O4S/c1-16(20(25)23-18-12-8-3-4-9-13-18)28-22(27)19(14-15-29-2)24-21(26)17-10-6-5-7-11-17/h5-7,10-11,16,18-19H,3-4,8-9,12-15H2,1-2H3,(H,23,25)(H,24,26)/t16-,19+/m0/s1. The van der Waals surface area contributed by atoms with Gasteiger partial charge in [-0.15, -0.1) is 0 Å². The molecule has 1 aromatic rings. The summed E-state index contributed by atoms with van der Waals surface area (Å²) in [6.45, 7) is 1.58. The zero-order valence-electron chi connectivity index (χ0n) is 17.3. The van der Waals surface area contributed by atoms with Crippen LogP contribution in [0.1, 0.15) is 62.2 Å². The molecule has 29 heavy (non-hydrogen) atoms. The van der Waals surface area contributed by atoms with E-state index in [1.807, 2.05) is 12.3 Å². The Balaban J connectivity index is 1.91. The van der Waals surface area contributed by atoms with E-state index < -0.39 is 18.1 Å². The van der Waals surface area contributed by atoms with E-state index in [9.17, 15) is 14.4 Å². The van der Waals surface area contributed by atoms with Gasteiger partial charge in [0, 0.05) is 11.6 Å². The second-order valence-electron chi connectivity index (χ2n) is 7.45. The van der Waals surface area contributed by atoms with Gasteiger partial charge >= 0.3 is 5.97 Å². The minimum atomic E-state index is -0.892. The summed E-state index contributed by atoms with van der Waals surface area (Å²) in [6, 6.07) is 8.10. The normalized spacial score (nSPS) is 16.9. The smallest absolute Gasteiger partial charge is 0.329 e. The Kier molecular flexibility index (Phi) is 10.0. The molecule has 0 heterocycles. The maximum atomic E-state index is 12.7. The number of esters is 1. The number of carbonyl (C=O) groups is 3. The summed E-state index contributed by atoms with van der Waals surface area (Å²) in [5, 5.41) is 5.75. The Morgan fingerprint density at radius 1 is 1.10 bits per heavy atom. The molecule has 1 aliphatic carbocycles. The molecule has 1 saturated carbocycles. The van der Waals surface area contributed by atoms with Gasteiger partial charge in [-0.3, -0.25) is 9.59 Å². The Hall–Kier alpha value is -2.02. The highest BCUT2D eigenvalue weighted by atomic mass is 32.2. The molecule has 2 amide bonds. The Bertz CT molecular complexity index is 660. The summed E-state index contributed by atoms with van der Waals surface area (Å²) < 4.78 is 5.41. The lowest BCUT2D eigenvalue weighted by molar-refractivity contribution is -0.156. The summed E-state index contributed by atoms with van der Waals surface area (Å²) in [4.78, 5) is 37.5. The van der Waals surface area contributed by atoms with Crippen molar-refractivity contribution in [1.29, 1.82) is 0 Å². The molecule has 7 heteroatoms. The van der Waals surface area contributed by atoms with Crippen LogP contribution in [-0.2, 0) is 14.3 Å². The molecule has 0 unspecified atom stereocenters. The maximum Gasteiger partial charge on any atom is 0.329 e. The van der Waals surface area contributed by atoms with Crippen LogP contribution in [0.25, 0.3) is 0 Å². The SMILES string of the molecule is CSCC[C@@H](NC(=O)c1ccccc1)C(=O)O[C@@H](C)C(=O)NC1CCCCCC1. The van der Waals surface area contributed by atoms with Gasteiger partial charge in [0.1, 0.15) is 6.04 Å². The fourth-order valence-corrected chi connectivity index (χ4v) is 3.84. The molecule has 1 aromatic carbocycles. The molecule has 2 N–H and O–H groups in total. The third-order valence-corrected chi connectivity index (χ3v) is 5.74. The number of hydrogen-bond donors (Lipinski definition) is 2. The molecule has 160 valence electrons. The molecule has 2 rings (SSSR count). The fourth-order valence-electron chi connectivity index (χ4n) is 3.37. The van der Waals surface area contributed by atoms with Crippen molar-refractivity contribution in [3.63, 3.8) is 0 Å². The lowest BCUT2D eigenvalue weighted by Gasteiger charge is -2.22. The highest BCUT2D eigenvalue weighted by molar-refractivity contribution is 7.98. The number of amides is 2. The number of ether oxygens (including phenoxy) is 1. The monoisotopic (exact) mass is 420 g/mol. The molecular formula is C22H32N2O4S. The number of benzene rings is 1. The number of nitrogens with one attached hydrogen (secondary N) is 2. The van der Waals surface area contributed by atoms with E-state index in [0.717, 1.165) is 25.7 Å². The summed E-state index contributed by atoms with van der Waals surface area (Å²) in [6.07, 6.45) is 8.05. The second kappa shape index (κ2) is 12.5. The molecule has 0 aliphatic heterocycles. The molecule has 0 radical (unpaired) electrons. The fraction of sp³-hybridized carbons (Fsp3) is 0.591. The van der Waals surface area contributed by atoms with Gasteiger partial charge in [0.15, 0.2) is 6.10 Å². The molecule has 0 aromatic heterocycles. The number of hydrogen-bond acceptors (Lipinski definition) is 5. The molecule has 6 nitrogen and oxygen atoms in total. The zero-order valence-corrected chi connectivity index (χ0v) is 18.1. The number of rotatable bonds is 9. The van der Waals surface area contributed by atoms with Crippen molar-refractivity contribution < 1.29 is 19.1 Å². The van der Waals surface area contributed by atoms with E-state index in [2.05, 4.69) is 10.6 Å². The lowest BCUT2D eigenvalue weighted by Crippen LogP contribution is -2.46. The van der Waals surface area contributed by atoms with Crippen molar-refractivity contribution in [3.8, 4) is 0 Å². The van der Waals surface area contributed by atoms with Crippen LogP contribution >= 0.6 is 11.8 Å². The van der Waals surface area contributed by atoms with Crippen LogP contribution < -0.4 is 10.6 Å². The lowest BCUT2D eigenvalue weighted by atomic mass is 10.1. The van der Waals surface area contributed by atoms with Crippen LogP contribution in [0.2, 0.25) is 0 Å². The van der Waals surface area contributed by atoms with Crippen LogP contribution in [0.15, 0.2) is 30.3 Å². The van der Waals surface area contributed by atoms with E-state index in [0.29, 0.717) is 17.7 Å². The van der Waals surface area contributed by atoms with Gasteiger partial charge in [-0.25, -0.2) is 4.79 Å². The van der Waals surface area contributed by atoms with Crippen molar-refractivity contribution in [2.75, 3.05) is 12.0 Å².